The first-order valence-corrected chi connectivity index (χ1v) is 8.80. The molecule has 0 bridgehead atoms. The molecule has 0 saturated heterocycles. The van der Waals surface area contributed by atoms with Gasteiger partial charge in [-0.25, -0.2) is 0 Å². The van der Waals surface area contributed by atoms with Crippen molar-refractivity contribution in [2.24, 2.45) is 5.92 Å². The van der Waals surface area contributed by atoms with Crippen molar-refractivity contribution in [3.8, 4) is 0 Å². The molecule has 128 valence electrons. The monoisotopic (exact) mass is 346 g/mol. The van der Waals surface area contributed by atoms with Gasteiger partial charge in [0, 0.05) is 11.9 Å². The summed E-state index contributed by atoms with van der Waals surface area (Å²) < 4.78 is 0. The average molecular weight is 346 g/mol. The highest BCUT2D eigenvalue weighted by Gasteiger charge is 2.15. The fourth-order valence-electron chi connectivity index (χ4n) is 2.41. The van der Waals surface area contributed by atoms with Crippen LogP contribution in [0.25, 0.3) is 0 Å². The number of aliphatic hydroxyl groups is 1. The van der Waals surface area contributed by atoms with Gasteiger partial charge in [0.1, 0.15) is 0 Å². The van der Waals surface area contributed by atoms with Crippen LogP contribution >= 0.6 is 11.3 Å². The molecule has 6 heteroatoms. The van der Waals surface area contributed by atoms with E-state index in [1.54, 1.807) is 42.6 Å². The SMILES string of the molecule is CC(O)CC(C)CNC(=O)c1ccccc1NC(=O)c1ccsc1. The van der Waals surface area contributed by atoms with Gasteiger partial charge < -0.3 is 15.7 Å². The lowest BCUT2D eigenvalue weighted by atomic mass is 10.0. The zero-order valence-corrected chi connectivity index (χ0v) is 14.6. The summed E-state index contributed by atoms with van der Waals surface area (Å²) in [6.07, 6.45) is 0.227. The van der Waals surface area contributed by atoms with Crippen molar-refractivity contribution in [3.05, 3.63) is 52.2 Å². The zero-order chi connectivity index (χ0) is 17.5. The quantitative estimate of drug-likeness (QED) is 0.721. The van der Waals surface area contributed by atoms with Crippen molar-refractivity contribution in [2.45, 2.75) is 26.4 Å². The number of para-hydroxylation sites is 1. The zero-order valence-electron chi connectivity index (χ0n) is 13.8. The van der Waals surface area contributed by atoms with E-state index in [4.69, 9.17) is 0 Å². The molecule has 0 spiro atoms. The normalized spacial score (nSPS) is 13.1. The number of amides is 2. The Balaban J connectivity index is 2.02. The molecular formula is C18H22N2O3S. The van der Waals surface area contributed by atoms with E-state index in [-0.39, 0.29) is 17.7 Å². The molecule has 1 aromatic carbocycles. The molecule has 0 radical (unpaired) electrons. The van der Waals surface area contributed by atoms with Crippen LogP contribution in [-0.2, 0) is 0 Å². The largest absolute Gasteiger partial charge is 0.393 e. The topological polar surface area (TPSA) is 78.4 Å². The Morgan fingerprint density at radius 3 is 2.58 bits per heavy atom. The van der Waals surface area contributed by atoms with Gasteiger partial charge in [0.2, 0.25) is 0 Å². The van der Waals surface area contributed by atoms with Gasteiger partial charge in [-0.3, -0.25) is 9.59 Å². The van der Waals surface area contributed by atoms with E-state index in [9.17, 15) is 14.7 Å². The summed E-state index contributed by atoms with van der Waals surface area (Å²) in [4.78, 5) is 24.6. The van der Waals surface area contributed by atoms with Crippen LogP contribution < -0.4 is 10.6 Å². The fourth-order valence-corrected chi connectivity index (χ4v) is 3.04. The molecule has 2 aromatic rings. The highest BCUT2D eigenvalue weighted by Crippen LogP contribution is 2.17. The van der Waals surface area contributed by atoms with Crippen LogP contribution in [0.3, 0.4) is 0 Å². The number of carbonyl (C=O) groups is 2. The molecule has 0 fully saturated rings. The van der Waals surface area contributed by atoms with Gasteiger partial charge in [-0.1, -0.05) is 19.1 Å². The molecule has 0 aliphatic rings. The van der Waals surface area contributed by atoms with Gasteiger partial charge in [-0.05, 0) is 42.8 Å². The van der Waals surface area contributed by atoms with Crippen LogP contribution in [0.2, 0.25) is 0 Å². The van der Waals surface area contributed by atoms with Gasteiger partial charge >= 0.3 is 0 Å². The summed E-state index contributed by atoms with van der Waals surface area (Å²) in [7, 11) is 0. The van der Waals surface area contributed by atoms with Crippen LogP contribution in [0.5, 0.6) is 0 Å². The van der Waals surface area contributed by atoms with E-state index in [1.165, 1.54) is 11.3 Å². The Morgan fingerprint density at radius 2 is 1.92 bits per heavy atom. The standard InChI is InChI=1S/C18H22N2O3S/c1-12(9-13(2)21)10-19-18(23)15-5-3-4-6-16(15)20-17(22)14-7-8-24-11-14/h3-8,11-13,21H,9-10H2,1-2H3,(H,19,23)(H,20,22). The van der Waals surface area contributed by atoms with E-state index in [0.29, 0.717) is 29.8 Å². The number of carbonyl (C=O) groups excluding carboxylic acids is 2. The van der Waals surface area contributed by atoms with Crippen LogP contribution in [0.4, 0.5) is 5.69 Å². The molecule has 2 amide bonds. The fraction of sp³-hybridized carbons (Fsp3) is 0.333. The van der Waals surface area contributed by atoms with Crippen molar-refractivity contribution >= 4 is 28.8 Å². The number of benzene rings is 1. The van der Waals surface area contributed by atoms with Crippen molar-refractivity contribution < 1.29 is 14.7 Å². The molecular weight excluding hydrogens is 324 g/mol. The molecule has 24 heavy (non-hydrogen) atoms. The molecule has 3 N–H and O–H groups in total. The first-order valence-electron chi connectivity index (χ1n) is 7.86. The molecule has 1 aromatic heterocycles. The van der Waals surface area contributed by atoms with E-state index in [2.05, 4.69) is 10.6 Å². The van der Waals surface area contributed by atoms with Crippen LogP contribution in [-0.4, -0.2) is 29.6 Å². The minimum Gasteiger partial charge on any atom is -0.393 e. The summed E-state index contributed by atoms with van der Waals surface area (Å²) >= 11 is 1.44. The Labute approximate surface area is 145 Å². The Kier molecular flexibility index (Phi) is 6.52. The van der Waals surface area contributed by atoms with Gasteiger partial charge in [0.15, 0.2) is 0 Å². The molecule has 2 atom stereocenters. The maximum absolute atomic E-state index is 12.4. The number of hydrogen-bond donors (Lipinski definition) is 3. The summed E-state index contributed by atoms with van der Waals surface area (Å²) in [6.45, 7) is 4.17. The van der Waals surface area contributed by atoms with Crippen molar-refractivity contribution in [2.75, 3.05) is 11.9 Å². The lowest BCUT2D eigenvalue weighted by molar-refractivity contribution is 0.0940. The molecule has 5 nitrogen and oxygen atoms in total. The average Bonchev–Trinajstić information content (AvgIpc) is 3.07. The number of nitrogens with one attached hydrogen (secondary N) is 2. The van der Waals surface area contributed by atoms with E-state index < -0.39 is 6.10 Å². The maximum atomic E-state index is 12.4. The van der Waals surface area contributed by atoms with E-state index >= 15 is 0 Å². The smallest absolute Gasteiger partial charge is 0.256 e. The lowest BCUT2D eigenvalue weighted by Gasteiger charge is -2.15. The molecule has 0 saturated carbocycles. The number of aliphatic hydroxyl groups excluding tert-OH is 1. The van der Waals surface area contributed by atoms with Crippen LogP contribution in [0.1, 0.15) is 41.0 Å². The predicted molar refractivity (Wildman–Crippen MR) is 96.5 cm³/mol. The predicted octanol–water partition coefficient (Wildman–Crippen LogP) is 3.14. The number of thiophene rings is 1. The van der Waals surface area contributed by atoms with E-state index in [1.807, 2.05) is 12.3 Å². The second kappa shape index (κ2) is 8.61. The van der Waals surface area contributed by atoms with Gasteiger partial charge in [-0.15, -0.1) is 0 Å². The molecule has 2 unspecified atom stereocenters. The van der Waals surface area contributed by atoms with E-state index in [0.717, 1.165) is 0 Å². The maximum Gasteiger partial charge on any atom is 0.256 e. The van der Waals surface area contributed by atoms with Crippen molar-refractivity contribution in [1.29, 1.82) is 0 Å². The van der Waals surface area contributed by atoms with Gasteiger partial charge in [-0.2, -0.15) is 11.3 Å². The minimum absolute atomic E-state index is 0.168. The van der Waals surface area contributed by atoms with Gasteiger partial charge in [0.25, 0.3) is 11.8 Å². The number of anilines is 1. The Morgan fingerprint density at radius 1 is 1.17 bits per heavy atom. The number of rotatable bonds is 7. The second-order valence-corrected chi connectivity index (χ2v) is 6.69. The molecule has 0 aliphatic heterocycles. The first kappa shape index (κ1) is 18.2. The molecule has 1 heterocycles. The van der Waals surface area contributed by atoms with Crippen molar-refractivity contribution in [1.82, 2.24) is 5.32 Å². The third-order valence-electron chi connectivity index (χ3n) is 3.56. The summed E-state index contributed by atoms with van der Waals surface area (Å²) in [5.41, 5.74) is 1.47. The molecule has 0 aliphatic carbocycles. The Bertz CT molecular complexity index is 683. The highest BCUT2D eigenvalue weighted by atomic mass is 32.1. The van der Waals surface area contributed by atoms with Crippen LogP contribution in [0, 0.1) is 5.92 Å². The van der Waals surface area contributed by atoms with Crippen molar-refractivity contribution in [3.63, 3.8) is 0 Å². The third-order valence-corrected chi connectivity index (χ3v) is 4.24. The Hall–Kier alpha value is -2.18. The molecule has 2 rings (SSSR count). The van der Waals surface area contributed by atoms with Gasteiger partial charge in [0.05, 0.1) is 22.9 Å². The summed E-state index contributed by atoms with van der Waals surface area (Å²) in [6, 6.07) is 8.65. The second-order valence-electron chi connectivity index (χ2n) is 5.91. The highest BCUT2D eigenvalue weighted by molar-refractivity contribution is 7.08. The first-order chi connectivity index (χ1) is 11.5. The summed E-state index contributed by atoms with van der Waals surface area (Å²) in [5, 5.41) is 18.6. The minimum atomic E-state index is -0.394. The van der Waals surface area contributed by atoms with Crippen LogP contribution in [0.15, 0.2) is 41.1 Å². The summed E-state index contributed by atoms with van der Waals surface area (Å²) in [5.74, 6) is -0.311. The lowest BCUT2D eigenvalue weighted by Crippen LogP contribution is -2.30. The number of hydrogen-bond acceptors (Lipinski definition) is 4. The third kappa shape index (κ3) is 5.18.